The lowest BCUT2D eigenvalue weighted by molar-refractivity contribution is 0.345. The summed E-state index contributed by atoms with van der Waals surface area (Å²) < 4.78 is 1.71. The van der Waals surface area contributed by atoms with Crippen LogP contribution in [-0.4, -0.2) is 40.6 Å². The summed E-state index contributed by atoms with van der Waals surface area (Å²) in [6.07, 6.45) is 4.63. The molecule has 5 nitrogen and oxygen atoms in total. The third-order valence-electron chi connectivity index (χ3n) is 3.80. The van der Waals surface area contributed by atoms with Crippen molar-refractivity contribution in [2.75, 3.05) is 31.5 Å². The summed E-state index contributed by atoms with van der Waals surface area (Å²) in [5.41, 5.74) is -0.0251. The standard InChI is InChI=1S/C14H24N4O/c1-4-17-7-5-12(10-17)9-16-13-14(19)18(11(2)3)8-6-15-13/h6,8,11-12H,4-5,7,9-10H2,1-3H3,(H,15,16). The fourth-order valence-corrected chi connectivity index (χ4v) is 2.56. The number of hydrogen-bond donors (Lipinski definition) is 1. The Kier molecular flexibility index (Phi) is 4.58. The smallest absolute Gasteiger partial charge is 0.293 e. The molecule has 2 heterocycles. The number of nitrogens with zero attached hydrogens (tertiary/aromatic N) is 3. The first-order valence-corrected chi connectivity index (χ1v) is 7.15. The van der Waals surface area contributed by atoms with Gasteiger partial charge in [-0.2, -0.15) is 0 Å². The monoisotopic (exact) mass is 264 g/mol. The molecule has 5 heteroatoms. The molecule has 19 heavy (non-hydrogen) atoms. The molecule has 106 valence electrons. The molecule has 1 aliphatic heterocycles. The van der Waals surface area contributed by atoms with Gasteiger partial charge in [0.2, 0.25) is 0 Å². The Bertz CT molecular complexity index is 469. The molecule has 0 radical (unpaired) electrons. The van der Waals surface area contributed by atoms with E-state index < -0.39 is 0 Å². The van der Waals surface area contributed by atoms with Gasteiger partial charge in [-0.25, -0.2) is 4.98 Å². The summed E-state index contributed by atoms with van der Waals surface area (Å²) in [6.45, 7) is 10.4. The SMILES string of the molecule is CCN1CCC(CNc2nccn(C(C)C)c2=O)C1. The maximum atomic E-state index is 12.2. The molecule has 0 bridgehead atoms. The lowest BCUT2D eigenvalue weighted by Gasteiger charge is -2.15. The van der Waals surface area contributed by atoms with Gasteiger partial charge >= 0.3 is 0 Å². The van der Waals surface area contributed by atoms with Crippen molar-refractivity contribution in [1.82, 2.24) is 14.5 Å². The summed E-state index contributed by atoms with van der Waals surface area (Å²) in [6, 6.07) is 0.165. The zero-order valence-corrected chi connectivity index (χ0v) is 12.1. The number of rotatable bonds is 5. The van der Waals surface area contributed by atoms with Gasteiger partial charge in [0.05, 0.1) is 0 Å². The van der Waals surface area contributed by atoms with E-state index in [9.17, 15) is 4.79 Å². The predicted octanol–water partition coefficient (Wildman–Crippen LogP) is 1.58. The Morgan fingerprint density at radius 1 is 1.53 bits per heavy atom. The number of aromatic nitrogens is 2. The molecule has 1 atom stereocenters. The van der Waals surface area contributed by atoms with Crippen molar-refractivity contribution in [2.24, 2.45) is 5.92 Å². The highest BCUT2D eigenvalue weighted by atomic mass is 16.1. The summed E-state index contributed by atoms with van der Waals surface area (Å²) in [5, 5.41) is 3.22. The Labute approximate surface area is 114 Å². The lowest BCUT2D eigenvalue weighted by atomic mass is 10.1. The molecular formula is C14H24N4O. The van der Waals surface area contributed by atoms with E-state index in [1.165, 1.54) is 13.0 Å². The van der Waals surface area contributed by atoms with Gasteiger partial charge in [-0.3, -0.25) is 4.79 Å². The third kappa shape index (κ3) is 3.35. The van der Waals surface area contributed by atoms with Crippen LogP contribution in [0.5, 0.6) is 0 Å². The summed E-state index contributed by atoms with van der Waals surface area (Å²) in [7, 11) is 0. The van der Waals surface area contributed by atoms with Gasteiger partial charge < -0.3 is 14.8 Å². The number of nitrogens with one attached hydrogen (secondary N) is 1. The molecule has 1 aromatic rings. The Morgan fingerprint density at radius 2 is 2.32 bits per heavy atom. The first-order valence-electron chi connectivity index (χ1n) is 7.15. The highest BCUT2D eigenvalue weighted by molar-refractivity contribution is 5.31. The summed E-state index contributed by atoms with van der Waals surface area (Å²) >= 11 is 0. The van der Waals surface area contributed by atoms with Crippen molar-refractivity contribution in [2.45, 2.75) is 33.2 Å². The molecule has 1 aromatic heterocycles. The van der Waals surface area contributed by atoms with Crippen LogP contribution < -0.4 is 10.9 Å². The average molecular weight is 264 g/mol. The molecule has 1 N–H and O–H groups in total. The fraction of sp³-hybridized carbons (Fsp3) is 0.714. The zero-order chi connectivity index (χ0) is 13.8. The van der Waals surface area contributed by atoms with Crippen molar-refractivity contribution < 1.29 is 0 Å². The van der Waals surface area contributed by atoms with Crippen molar-refractivity contribution in [3.63, 3.8) is 0 Å². The predicted molar refractivity (Wildman–Crippen MR) is 77.6 cm³/mol. The van der Waals surface area contributed by atoms with Crippen molar-refractivity contribution >= 4 is 5.82 Å². The Hall–Kier alpha value is -1.36. The lowest BCUT2D eigenvalue weighted by Crippen LogP contribution is -2.28. The average Bonchev–Trinajstić information content (AvgIpc) is 2.85. The van der Waals surface area contributed by atoms with Crippen LogP contribution in [-0.2, 0) is 0 Å². The van der Waals surface area contributed by atoms with E-state index in [-0.39, 0.29) is 11.6 Å². The van der Waals surface area contributed by atoms with Crippen molar-refractivity contribution in [3.05, 3.63) is 22.7 Å². The van der Waals surface area contributed by atoms with E-state index in [1.807, 2.05) is 13.8 Å². The van der Waals surface area contributed by atoms with Crippen LogP contribution in [0.3, 0.4) is 0 Å². The maximum absolute atomic E-state index is 12.2. The van der Waals surface area contributed by atoms with E-state index in [0.29, 0.717) is 11.7 Å². The second-order valence-electron chi connectivity index (χ2n) is 5.51. The Balaban J connectivity index is 1.97. The van der Waals surface area contributed by atoms with Crippen molar-refractivity contribution in [3.8, 4) is 0 Å². The number of hydrogen-bond acceptors (Lipinski definition) is 4. The van der Waals surface area contributed by atoms with Gasteiger partial charge in [0.15, 0.2) is 5.82 Å². The largest absolute Gasteiger partial charge is 0.365 e. The van der Waals surface area contributed by atoms with Crippen LogP contribution in [0.15, 0.2) is 17.2 Å². The molecule has 0 aromatic carbocycles. The van der Waals surface area contributed by atoms with Gasteiger partial charge in [-0.1, -0.05) is 6.92 Å². The summed E-state index contributed by atoms with van der Waals surface area (Å²) in [5.74, 6) is 1.10. The molecule has 1 fully saturated rings. The molecule has 0 spiro atoms. The molecule has 0 amide bonds. The second kappa shape index (κ2) is 6.19. The minimum Gasteiger partial charge on any atom is -0.365 e. The first kappa shape index (κ1) is 14.1. The molecule has 0 aliphatic carbocycles. The highest BCUT2D eigenvalue weighted by Gasteiger charge is 2.21. The van der Waals surface area contributed by atoms with Gasteiger partial charge in [0, 0.05) is 31.5 Å². The van der Waals surface area contributed by atoms with E-state index in [1.54, 1.807) is 17.0 Å². The van der Waals surface area contributed by atoms with Crippen LogP contribution >= 0.6 is 0 Å². The minimum absolute atomic E-state index is 0.0251. The van der Waals surface area contributed by atoms with Crippen LogP contribution in [0.4, 0.5) is 5.82 Å². The van der Waals surface area contributed by atoms with Crippen LogP contribution in [0.25, 0.3) is 0 Å². The van der Waals surface area contributed by atoms with E-state index in [2.05, 4.69) is 22.1 Å². The van der Waals surface area contributed by atoms with Gasteiger partial charge in [0.25, 0.3) is 5.56 Å². The maximum Gasteiger partial charge on any atom is 0.293 e. The fourth-order valence-electron chi connectivity index (χ4n) is 2.56. The summed E-state index contributed by atoms with van der Waals surface area (Å²) in [4.78, 5) is 18.8. The number of anilines is 1. The topological polar surface area (TPSA) is 50.2 Å². The molecule has 0 saturated carbocycles. The van der Waals surface area contributed by atoms with Gasteiger partial charge in [-0.15, -0.1) is 0 Å². The minimum atomic E-state index is -0.0251. The highest BCUT2D eigenvalue weighted by Crippen LogP contribution is 2.15. The second-order valence-corrected chi connectivity index (χ2v) is 5.51. The van der Waals surface area contributed by atoms with E-state index in [4.69, 9.17) is 0 Å². The van der Waals surface area contributed by atoms with Crippen LogP contribution in [0.2, 0.25) is 0 Å². The molecular weight excluding hydrogens is 240 g/mol. The van der Waals surface area contributed by atoms with E-state index in [0.717, 1.165) is 19.6 Å². The quantitative estimate of drug-likeness (QED) is 0.877. The van der Waals surface area contributed by atoms with Crippen LogP contribution in [0, 0.1) is 5.92 Å². The van der Waals surface area contributed by atoms with Gasteiger partial charge in [-0.05, 0) is 39.3 Å². The number of likely N-dealkylation sites (tertiary alicyclic amines) is 1. The zero-order valence-electron chi connectivity index (χ0n) is 12.1. The molecule has 1 unspecified atom stereocenters. The molecule has 1 aliphatic rings. The third-order valence-corrected chi connectivity index (χ3v) is 3.80. The van der Waals surface area contributed by atoms with E-state index >= 15 is 0 Å². The first-order chi connectivity index (χ1) is 9.11. The normalized spacial score (nSPS) is 20.1. The van der Waals surface area contributed by atoms with Gasteiger partial charge in [0.1, 0.15) is 0 Å². The van der Waals surface area contributed by atoms with Crippen molar-refractivity contribution in [1.29, 1.82) is 0 Å². The molecule has 2 rings (SSSR count). The van der Waals surface area contributed by atoms with Crippen LogP contribution in [0.1, 0.15) is 33.2 Å². The molecule has 1 saturated heterocycles. The Morgan fingerprint density at radius 3 is 2.95 bits per heavy atom.